The van der Waals surface area contributed by atoms with Gasteiger partial charge in [-0.15, -0.1) is 0 Å². The Morgan fingerprint density at radius 1 is 1.53 bits per heavy atom. The number of likely N-dealkylation sites (N-methyl/N-ethyl adjacent to an activating group) is 1. The van der Waals surface area contributed by atoms with Gasteiger partial charge >= 0.3 is 0 Å². The first-order chi connectivity index (χ1) is 7.20. The fraction of sp³-hybridized carbons (Fsp3) is 0.300. The van der Waals surface area contributed by atoms with Crippen molar-refractivity contribution in [3.8, 4) is 11.5 Å². The van der Waals surface area contributed by atoms with Gasteiger partial charge in [-0.2, -0.15) is 0 Å². The number of benzene rings is 1. The number of hydrogen-bond acceptors (Lipinski definition) is 4. The molecule has 1 heterocycles. The van der Waals surface area contributed by atoms with E-state index in [-0.39, 0.29) is 12.5 Å². The number of nitrogens with two attached hydrogens (primary N) is 1. The highest BCUT2D eigenvalue weighted by molar-refractivity contribution is 5.81. The van der Waals surface area contributed by atoms with Crippen LogP contribution in [0.15, 0.2) is 18.2 Å². The number of nitrogens with one attached hydrogen (secondary N) is 1. The van der Waals surface area contributed by atoms with E-state index in [0.29, 0.717) is 17.2 Å². The van der Waals surface area contributed by atoms with Gasteiger partial charge in [0.1, 0.15) is 6.61 Å². The number of carbonyl (C=O) groups excluding carboxylic acids is 1. The number of hydrogen-bond donors (Lipinski definition) is 2. The molecule has 0 spiro atoms. The largest absolute Gasteiger partial charge is 0.485 e. The Hall–Kier alpha value is -1.91. The lowest BCUT2D eigenvalue weighted by atomic mass is 10.2. The van der Waals surface area contributed by atoms with E-state index >= 15 is 0 Å². The second kappa shape index (κ2) is 3.68. The van der Waals surface area contributed by atoms with Crippen molar-refractivity contribution in [3.63, 3.8) is 0 Å². The molecule has 5 heteroatoms. The minimum absolute atomic E-state index is 0.197. The maximum atomic E-state index is 11.3. The van der Waals surface area contributed by atoms with Gasteiger partial charge < -0.3 is 20.5 Å². The van der Waals surface area contributed by atoms with Crippen LogP contribution >= 0.6 is 0 Å². The Balaban J connectivity index is 2.20. The highest BCUT2D eigenvalue weighted by atomic mass is 16.6. The molecule has 0 saturated heterocycles. The highest BCUT2D eigenvalue weighted by Crippen LogP contribution is 2.33. The molecule has 0 fully saturated rings. The van der Waals surface area contributed by atoms with Crippen LogP contribution in [-0.2, 0) is 4.79 Å². The molecule has 0 saturated carbocycles. The zero-order valence-electron chi connectivity index (χ0n) is 8.32. The SMILES string of the molecule is CNC(=O)C1COc2cc(N)ccc2O1. The summed E-state index contributed by atoms with van der Waals surface area (Å²) in [5, 5.41) is 2.51. The van der Waals surface area contributed by atoms with Crippen LogP contribution in [0.25, 0.3) is 0 Å². The molecule has 2 rings (SSSR count). The van der Waals surface area contributed by atoms with Crippen molar-refractivity contribution in [1.82, 2.24) is 5.32 Å². The third kappa shape index (κ3) is 1.81. The van der Waals surface area contributed by atoms with Gasteiger partial charge in [-0.05, 0) is 12.1 Å². The molecule has 1 amide bonds. The summed E-state index contributed by atoms with van der Waals surface area (Å²) >= 11 is 0. The van der Waals surface area contributed by atoms with E-state index in [2.05, 4.69) is 5.32 Å². The molecule has 80 valence electrons. The molecule has 5 nitrogen and oxygen atoms in total. The molecule has 3 N–H and O–H groups in total. The van der Waals surface area contributed by atoms with Crippen LogP contribution in [0.5, 0.6) is 11.5 Å². The molecule has 1 unspecified atom stereocenters. The summed E-state index contributed by atoms with van der Waals surface area (Å²) in [5.41, 5.74) is 6.19. The third-order valence-corrected chi connectivity index (χ3v) is 2.17. The minimum Gasteiger partial charge on any atom is -0.485 e. The average molecular weight is 208 g/mol. The van der Waals surface area contributed by atoms with Crippen molar-refractivity contribution in [2.45, 2.75) is 6.10 Å². The van der Waals surface area contributed by atoms with Crippen molar-refractivity contribution in [2.75, 3.05) is 19.4 Å². The maximum Gasteiger partial charge on any atom is 0.264 e. The Morgan fingerprint density at radius 3 is 3.07 bits per heavy atom. The molecule has 0 aliphatic carbocycles. The predicted octanol–water partition coefficient (Wildman–Crippen LogP) is 0.155. The number of amides is 1. The van der Waals surface area contributed by atoms with Crippen LogP contribution < -0.4 is 20.5 Å². The maximum absolute atomic E-state index is 11.3. The van der Waals surface area contributed by atoms with Crippen LogP contribution in [0.4, 0.5) is 5.69 Å². The van der Waals surface area contributed by atoms with Crippen LogP contribution in [0.3, 0.4) is 0 Å². The number of ether oxygens (including phenoxy) is 2. The van der Waals surface area contributed by atoms with Gasteiger partial charge in [-0.3, -0.25) is 4.79 Å². The van der Waals surface area contributed by atoms with Crippen molar-refractivity contribution in [1.29, 1.82) is 0 Å². The number of carbonyl (C=O) groups is 1. The first-order valence-corrected chi connectivity index (χ1v) is 4.61. The molecule has 0 aromatic heterocycles. The molecule has 1 aromatic rings. The Morgan fingerprint density at radius 2 is 2.33 bits per heavy atom. The van der Waals surface area contributed by atoms with E-state index in [1.807, 2.05) is 0 Å². The number of rotatable bonds is 1. The lowest BCUT2D eigenvalue weighted by Crippen LogP contribution is -2.42. The molecule has 1 aliphatic rings. The molecule has 1 aliphatic heterocycles. The smallest absolute Gasteiger partial charge is 0.264 e. The lowest BCUT2D eigenvalue weighted by molar-refractivity contribution is -0.129. The second-order valence-corrected chi connectivity index (χ2v) is 3.24. The molecular weight excluding hydrogens is 196 g/mol. The molecular formula is C10H12N2O3. The fourth-order valence-electron chi connectivity index (χ4n) is 1.38. The highest BCUT2D eigenvalue weighted by Gasteiger charge is 2.26. The van der Waals surface area contributed by atoms with E-state index in [9.17, 15) is 4.79 Å². The Kier molecular flexibility index (Phi) is 2.37. The summed E-state index contributed by atoms with van der Waals surface area (Å²) in [6.07, 6.45) is -0.592. The van der Waals surface area contributed by atoms with E-state index in [4.69, 9.17) is 15.2 Å². The fourth-order valence-corrected chi connectivity index (χ4v) is 1.38. The van der Waals surface area contributed by atoms with Crippen molar-refractivity contribution >= 4 is 11.6 Å². The first kappa shape index (κ1) is 9.64. The summed E-state index contributed by atoms with van der Waals surface area (Å²) in [7, 11) is 1.56. The number of anilines is 1. The van der Waals surface area contributed by atoms with Crippen molar-refractivity contribution in [3.05, 3.63) is 18.2 Å². The van der Waals surface area contributed by atoms with Gasteiger partial charge in [-0.1, -0.05) is 0 Å². The summed E-state index contributed by atoms with van der Waals surface area (Å²) in [5.74, 6) is 0.927. The lowest BCUT2D eigenvalue weighted by Gasteiger charge is -2.25. The molecule has 15 heavy (non-hydrogen) atoms. The van der Waals surface area contributed by atoms with E-state index in [1.54, 1.807) is 25.2 Å². The first-order valence-electron chi connectivity index (χ1n) is 4.61. The Bertz CT molecular complexity index is 392. The van der Waals surface area contributed by atoms with Crippen LogP contribution in [0, 0.1) is 0 Å². The van der Waals surface area contributed by atoms with Crippen LogP contribution in [0.1, 0.15) is 0 Å². The van der Waals surface area contributed by atoms with Crippen molar-refractivity contribution < 1.29 is 14.3 Å². The molecule has 0 bridgehead atoms. The van der Waals surface area contributed by atoms with Gasteiger partial charge in [0.05, 0.1) is 0 Å². The summed E-state index contributed by atoms with van der Waals surface area (Å²) in [4.78, 5) is 11.3. The molecule has 1 atom stereocenters. The normalized spacial score (nSPS) is 18.3. The van der Waals surface area contributed by atoms with E-state index < -0.39 is 6.10 Å². The zero-order valence-corrected chi connectivity index (χ0v) is 8.32. The van der Waals surface area contributed by atoms with Gasteiger partial charge in [0.25, 0.3) is 5.91 Å². The van der Waals surface area contributed by atoms with E-state index in [0.717, 1.165) is 0 Å². The zero-order chi connectivity index (χ0) is 10.8. The van der Waals surface area contributed by atoms with Gasteiger partial charge in [-0.25, -0.2) is 0 Å². The van der Waals surface area contributed by atoms with Gasteiger partial charge in [0.2, 0.25) is 6.10 Å². The summed E-state index contributed by atoms with van der Waals surface area (Å²) in [6, 6.07) is 5.07. The molecule has 0 radical (unpaired) electrons. The monoisotopic (exact) mass is 208 g/mol. The third-order valence-electron chi connectivity index (χ3n) is 2.17. The average Bonchev–Trinajstić information content (AvgIpc) is 2.27. The van der Waals surface area contributed by atoms with Crippen molar-refractivity contribution in [2.24, 2.45) is 0 Å². The van der Waals surface area contributed by atoms with E-state index in [1.165, 1.54) is 0 Å². The van der Waals surface area contributed by atoms with Gasteiger partial charge in [0, 0.05) is 18.8 Å². The minimum atomic E-state index is -0.592. The standard InChI is InChI=1S/C10H12N2O3/c1-12-10(13)9-5-14-8-4-6(11)2-3-7(8)15-9/h2-4,9H,5,11H2,1H3,(H,12,13). The molecule has 1 aromatic carbocycles. The predicted molar refractivity (Wildman–Crippen MR) is 54.8 cm³/mol. The number of nitrogen functional groups attached to an aromatic ring is 1. The summed E-state index contributed by atoms with van der Waals surface area (Å²) < 4.78 is 10.8. The number of fused-ring (bicyclic) bond motifs is 1. The van der Waals surface area contributed by atoms with Crippen LogP contribution in [0.2, 0.25) is 0 Å². The van der Waals surface area contributed by atoms with Gasteiger partial charge in [0.15, 0.2) is 11.5 Å². The topological polar surface area (TPSA) is 73.6 Å². The summed E-state index contributed by atoms with van der Waals surface area (Å²) in [6.45, 7) is 0.204. The van der Waals surface area contributed by atoms with Crippen LogP contribution in [-0.4, -0.2) is 25.7 Å². The second-order valence-electron chi connectivity index (χ2n) is 3.24. The quantitative estimate of drug-likeness (QED) is 0.644. The Labute approximate surface area is 87.2 Å².